The molecule has 1 saturated carbocycles. The Bertz CT molecular complexity index is 1720. The van der Waals surface area contributed by atoms with Gasteiger partial charge in [-0.1, -0.05) is 18.2 Å². The Hall–Kier alpha value is -3.41. The van der Waals surface area contributed by atoms with Crippen molar-refractivity contribution in [2.24, 2.45) is 15.9 Å². The minimum absolute atomic E-state index is 0.0141. The highest BCUT2D eigenvalue weighted by atomic mass is 35.5. The number of amides is 1. The zero-order valence-electron chi connectivity index (χ0n) is 26.2. The summed E-state index contributed by atoms with van der Waals surface area (Å²) in [4.78, 5) is 31.3. The molecule has 0 aromatic carbocycles. The smallest absolute Gasteiger partial charge is 0.246 e. The Morgan fingerprint density at radius 1 is 1.20 bits per heavy atom. The number of aromatic nitrogens is 3. The predicted molar refractivity (Wildman–Crippen MR) is 174 cm³/mol. The van der Waals surface area contributed by atoms with E-state index in [0.717, 1.165) is 43.4 Å². The fourth-order valence-corrected chi connectivity index (χ4v) is 7.21. The van der Waals surface area contributed by atoms with Crippen molar-refractivity contribution in [2.75, 3.05) is 40.4 Å². The minimum atomic E-state index is -0.654. The van der Waals surface area contributed by atoms with E-state index in [4.69, 9.17) is 52.7 Å². The van der Waals surface area contributed by atoms with Crippen molar-refractivity contribution in [2.45, 2.75) is 63.5 Å². The molecule has 0 spiro atoms. The number of aliphatic imine (C=N–C) groups is 1. The molecule has 1 unspecified atom stereocenters. The van der Waals surface area contributed by atoms with Crippen LogP contribution in [-0.2, 0) is 27.2 Å². The van der Waals surface area contributed by atoms with Crippen LogP contribution in [0.2, 0.25) is 0 Å². The molecule has 1 amide bonds. The van der Waals surface area contributed by atoms with E-state index >= 15 is 0 Å². The second-order valence-corrected chi connectivity index (χ2v) is 13.0. The van der Waals surface area contributed by atoms with Crippen LogP contribution < -0.4 is 16.0 Å². The van der Waals surface area contributed by atoms with Gasteiger partial charge in [0, 0.05) is 60.6 Å². The molecule has 2 fully saturated rings. The number of piperazine rings is 1. The lowest BCUT2D eigenvalue weighted by atomic mass is 10.0. The summed E-state index contributed by atoms with van der Waals surface area (Å²) in [6.45, 7) is 11.6. The first-order valence-electron chi connectivity index (χ1n) is 15.5. The first kappa shape index (κ1) is 31.6. The molecule has 2 aromatic heterocycles. The number of hydrogen-bond acceptors (Lipinski definition) is 9. The number of pyridine rings is 1. The molecular formula is C32H40Cl2N8O3. The number of alkyl halides is 1. The number of fused-ring (bicyclic) bond motifs is 3. The molecule has 6 rings (SSSR count). The van der Waals surface area contributed by atoms with E-state index in [1.54, 1.807) is 24.8 Å². The molecule has 13 heteroatoms. The standard InChI is InChI=1S/C32H40Cl2N8O3/c1-6-26(43)41-18(2)16-40(17-19(41)3)11-7-8-25-37-31-22(27-28(33)23(44-4)13-24(45-5)29(27)34)12-21-15-36-32(35-14-20-9-10-20)38-30(21)42(31)39-25/h6,12-13,18-20,28H,1,7-11,14-17H2,2-5H3,(H,35,36)/t18-,19+,28?. The number of nitrogens with one attached hydrogen (secondary N) is 1. The maximum absolute atomic E-state index is 12.3. The number of halogens is 2. The normalized spacial score (nSPS) is 24.9. The van der Waals surface area contributed by atoms with Crippen LogP contribution >= 0.6 is 23.2 Å². The SMILES string of the molecule is C=CC(=O)N1[C@H](C)CN(CCCc2nc3c(=C4C(Cl)=C(OC)C=C(OC)C4Cl)cc4c(n3n2)=NC(NCC2CC2)=NC4)C[C@@H]1C. The zero-order chi connectivity index (χ0) is 31.8. The number of methoxy groups -OCH3 is 2. The molecule has 240 valence electrons. The van der Waals surface area contributed by atoms with E-state index in [-0.39, 0.29) is 18.0 Å². The molecule has 0 bridgehead atoms. The number of rotatable bonds is 9. The van der Waals surface area contributed by atoms with Crippen LogP contribution in [0.1, 0.15) is 44.5 Å². The number of carbonyl (C=O) groups excluding carboxylic acids is 1. The number of aryl methyl sites for hydroxylation is 1. The lowest BCUT2D eigenvalue weighted by molar-refractivity contribution is -0.133. The molecule has 4 heterocycles. The van der Waals surface area contributed by atoms with Gasteiger partial charge in [0.25, 0.3) is 0 Å². The Kier molecular flexibility index (Phi) is 9.22. The lowest BCUT2D eigenvalue weighted by Crippen LogP contribution is -2.58. The van der Waals surface area contributed by atoms with Gasteiger partial charge in [0.05, 0.1) is 25.8 Å². The Balaban J connectivity index is 1.34. The van der Waals surface area contributed by atoms with Gasteiger partial charge in [-0.15, -0.1) is 16.7 Å². The summed E-state index contributed by atoms with van der Waals surface area (Å²) in [5, 5.41) is 8.84. The molecule has 2 aliphatic carbocycles. The Morgan fingerprint density at radius 2 is 1.96 bits per heavy atom. The highest BCUT2D eigenvalue weighted by molar-refractivity contribution is 6.41. The monoisotopic (exact) mass is 654 g/mol. The van der Waals surface area contributed by atoms with Gasteiger partial charge >= 0.3 is 0 Å². The maximum atomic E-state index is 12.3. The van der Waals surface area contributed by atoms with Crippen molar-refractivity contribution in [1.82, 2.24) is 29.7 Å². The van der Waals surface area contributed by atoms with Gasteiger partial charge in [0.1, 0.15) is 16.9 Å². The van der Waals surface area contributed by atoms with Crippen LogP contribution in [0.3, 0.4) is 0 Å². The average Bonchev–Trinajstić information content (AvgIpc) is 3.76. The number of allylic oxidation sites excluding steroid dienone is 3. The van der Waals surface area contributed by atoms with E-state index in [0.29, 0.717) is 63.9 Å². The number of ether oxygens (including phenoxy) is 2. The fraction of sp³-hybridized carbons (Fsp3) is 0.531. The summed E-state index contributed by atoms with van der Waals surface area (Å²) in [6.07, 6.45) is 7.12. The number of carbonyl (C=O) groups is 1. The number of hydrogen-bond donors (Lipinski definition) is 1. The quantitative estimate of drug-likeness (QED) is 0.327. The van der Waals surface area contributed by atoms with Crippen LogP contribution in [-0.4, -0.2) is 94.1 Å². The molecule has 2 aromatic rings. The van der Waals surface area contributed by atoms with E-state index in [2.05, 4.69) is 30.6 Å². The minimum Gasteiger partial charge on any atom is -0.499 e. The second-order valence-electron chi connectivity index (χ2n) is 12.2. The van der Waals surface area contributed by atoms with Crippen molar-refractivity contribution in [3.8, 4) is 0 Å². The summed E-state index contributed by atoms with van der Waals surface area (Å²) >= 11 is 13.9. The average molecular weight is 656 g/mol. The molecule has 0 radical (unpaired) electrons. The number of guanidine groups is 1. The summed E-state index contributed by atoms with van der Waals surface area (Å²) in [6, 6.07) is 2.24. The van der Waals surface area contributed by atoms with Crippen LogP contribution in [0.5, 0.6) is 0 Å². The Labute approximate surface area is 273 Å². The molecule has 11 nitrogen and oxygen atoms in total. The third kappa shape index (κ3) is 6.35. The predicted octanol–water partition coefficient (Wildman–Crippen LogP) is 2.66. The topological polar surface area (TPSA) is 109 Å². The fourth-order valence-electron chi connectivity index (χ4n) is 6.44. The molecule has 2 aliphatic heterocycles. The van der Waals surface area contributed by atoms with Crippen LogP contribution in [0.25, 0.3) is 11.2 Å². The van der Waals surface area contributed by atoms with Gasteiger partial charge in [0.2, 0.25) is 11.9 Å². The zero-order valence-corrected chi connectivity index (χ0v) is 27.7. The summed E-state index contributed by atoms with van der Waals surface area (Å²) in [5.41, 5.74) is 2.84. The van der Waals surface area contributed by atoms with Crippen molar-refractivity contribution >= 4 is 46.3 Å². The molecule has 1 N–H and O–H groups in total. The van der Waals surface area contributed by atoms with E-state index < -0.39 is 5.38 Å². The van der Waals surface area contributed by atoms with Gasteiger partial charge in [-0.2, -0.15) is 9.51 Å². The largest absolute Gasteiger partial charge is 0.499 e. The van der Waals surface area contributed by atoms with Crippen molar-refractivity contribution in [3.63, 3.8) is 0 Å². The van der Waals surface area contributed by atoms with Gasteiger partial charge in [-0.3, -0.25) is 9.69 Å². The summed E-state index contributed by atoms with van der Waals surface area (Å²) < 4.78 is 13.0. The third-order valence-electron chi connectivity index (χ3n) is 8.83. The first-order valence-corrected chi connectivity index (χ1v) is 16.3. The van der Waals surface area contributed by atoms with Crippen molar-refractivity contribution in [3.05, 3.63) is 63.4 Å². The Morgan fingerprint density at radius 3 is 2.62 bits per heavy atom. The van der Waals surface area contributed by atoms with Crippen molar-refractivity contribution < 1.29 is 14.3 Å². The van der Waals surface area contributed by atoms with Gasteiger partial charge in [-0.25, -0.2) is 9.98 Å². The van der Waals surface area contributed by atoms with Crippen LogP contribution in [0, 0.1) is 5.92 Å². The molecule has 3 atom stereocenters. The van der Waals surface area contributed by atoms with Crippen LogP contribution in [0.4, 0.5) is 0 Å². The van der Waals surface area contributed by atoms with Crippen LogP contribution in [0.15, 0.2) is 51.3 Å². The first-order chi connectivity index (χ1) is 21.7. The second kappa shape index (κ2) is 13.1. The number of nitrogens with zero attached hydrogens (tertiary/aromatic N) is 7. The van der Waals surface area contributed by atoms with E-state index in [9.17, 15) is 4.79 Å². The maximum Gasteiger partial charge on any atom is 0.246 e. The molecule has 1 saturated heterocycles. The van der Waals surface area contributed by atoms with E-state index in [1.807, 2.05) is 11.0 Å². The highest BCUT2D eigenvalue weighted by Crippen LogP contribution is 2.36. The van der Waals surface area contributed by atoms with Gasteiger partial charge in [-0.05, 0) is 57.7 Å². The van der Waals surface area contributed by atoms with Gasteiger partial charge < -0.3 is 19.7 Å². The highest BCUT2D eigenvalue weighted by Gasteiger charge is 2.32. The van der Waals surface area contributed by atoms with E-state index in [1.165, 1.54) is 18.9 Å². The van der Waals surface area contributed by atoms with Gasteiger partial charge in [0.15, 0.2) is 17.0 Å². The lowest BCUT2D eigenvalue weighted by Gasteiger charge is -2.44. The van der Waals surface area contributed by atoms with Crippen molar-refractivity contribution in [1.29, 1.82) is 0 Å². The molecular weight excluding hydrogens is 615 g/mol. The molecule has 4 aliphatic rings. The summed E-state index contributed by atoms with van der Waals surface area (Å²) in [7, 11) is 3.14. The summed E-state index contributed by atoms with van der Waals surface area (Å²) in [5.74, 6) is 2.98. The molecule has 45 heavy (non-hydrogen) atoms. The third-order valence-corrected chi connectivity index (χ3v) is 9.65.